The number of aryl methyl sites for hydroxylation is 1. The van der Waals surface area contributed by atoms with Gasteiger partial charge in [0, 0.05) is 45.2 Å². The third-order valence-corrected chi connectivity index (χ3v) is 5.63. The number of hydrogen-bond acceptors (Lipinski definition) is 1. The number of hydrogen-bond donors (Lipinski definition) is 0. The number of rotatable bonds is 1. The van der Waals surface area contributed by atoms with Gasteiger partial charge in [-0.05, 0) is 29.8 Å². The number of nitrogens with zero attached hydrogens (tertiary/aromatic N) is 1. The molecule has 0 unspecified atom stereocenters. The summed E-state index contributed by atoms with van der Waals surface area (Å²) in [5.41, 5.74) is 6.72. The Balaban J connectivity index is 1.69. The van der Waals surface area contributed by atoms with Crippen LogP contribution < -0.4 is 0 Å². The number of furan rings is 1. The van der Waals surface area contributed by atoms with E-state index >= 15 is 0 Å². The quantitative estimate of drug-likeness (QED) is 0.316. The topological polar surface area (TPSA) is 18.1 Å². The first-order chi connectivity index (χ1) is 13.3. The first kappa shape index (κ1) is 14.6. The molecule has 4 aromatic carbocycles. The number of fused-ring (bicyclic) bond motifs is 6. The summed E-state index contributed by atoms with van der Waals surface area (Å²) >= 11 is 0. The van der Waals surface area contributed by atoms with Crippen LogP contribution in [0.25, 0.3) is 54.9 Å². The van der Waals surface area contributed by atoms with Crippen molar-refractivity contribution in [3.63, 3.8) is 0 Å². The molecule has 0 radical (unpaired) electrons. The van der Waals surface area contributed by atoms with Crippen LogP contribution >= 0.6 is 0 Å². The van der Waals surface area contributed by atoms with E-state index in [9.17, 15) is 0 Å². The lowest BCUT2D eigenvalue weighted by molar-refractivity contribution is 0.670. The summed E-state index contributed by atoms with van der Waals surface area (Å²) in [5, 5.41) is 4.90. The molecule has 2 nitrogen and oxygen atoms in total. The summed E-state index contributed by atoms with van der Waals surface area (Å²) in [5.74, 6) is 0. The van der Waals surface area contributed by atoms with E-state index in [1.165, 1.54) is 38.1 Å². The Kier molecular flexibility index (Phi) is 2.84. The van der Waals surface area contributed by atoms with Gasteiger partial charge in [-0.2, -0.15) is 0 Å². The second-order valence-corrected chi connectivity index (χ2v) is 7.09. The van der Waals surface area contributed by atoms with Crippen LogP contribution in [0, 0.1) is 0 Å². The van der Waals surface area contributed by atoms with Gasteiger partial charge in [0.2, 0.25) is 0 Å². The molecule has 0 bridgehead atoms. The third-order valence-electron chi connectivity index (χ3n) is 5.63. The van der Waals surface area contributed by atoms with Crippen LogP contribution in [0.1, 0.15) is 0 Å². The first-order valence-corrected chi connectivity index (χ1v) is 9.19. The lowest BCUT2D eigenvalue weighted by Crippen LogP contribution is -1.86. The van der Waals surface area contributed by atoms with Crippen LogP contribution in [0.4, 0.5) is 0 Å². The Labute approximate surface area is 156 Å². The van der Waals surface area contributed by atoms with Crippen molar-refractivity contribution in [2.24, 2.45) is 7.05 Å². The summed E-state index contributed by atoms with van der Waals surface area (Å²) in [6, 6.07) is 29.9. The van der Waals surface area contributed by atoms with Gasteiger partial charge in [0.15, 0.2) is 0 Å². The minimum atomic E-state index is 0.936. The van der Waals surface area contributed by atoms with Crippen LogP contribution in [-0.4, -0.2) is 4.57 Å². The SMILES string of the molecule is Cn1c2ccccc2c2cc(-c3cccc4c3oc3ccccc34)ccc21. The zero-order valence-electron chi connectivity index (χ0n) is 14.9. The van der Waals surface area contributed by atoms with Crippen LogP contribution in [0.5, 0.6) is 0 Å². The molecule has 0 aliphatic heterocycles. The van der Waals surface area contributed by atoms with E-state index in [0.29, 0.717) is 0 Å². The van der Waals surface area contributed by atoms with Crippen LogP contribution in [0.2, 0.25) is 0 Å². The fraction of sp³-hybridized carbons (Fsp3) is 0.0400. The maximum absolute atomic E-state index is 6.24. The summed E-state index contributed by atoms with van der Waals surface area (Å²) in [4.78, 5) is 0. The van der Waals surface area contributed by atoms with E-state index in [2.05, 4.69) is 84.4 Å². The molecule has 2 aromatic heterocycles. The summed E-state index contributed by atoms with van der Waals surface area (Å²) in [6.45, 7) is 0. The van der Waals surface area contributed by atoms with E-state index in [1.807, 2.05) is 12.1 Å². The standard InChI is InChI=1S/C25H17NO/c1-26-22-11-4-2-7-18(22)21-15-16(13-14-23(21)26)17-9-6-10-20-19-8-3-5-12-24(19)27-25(17)20/h2-15H,1H3. The van der Waals surface area contributed by atoms with Crippen molar-refractivity contribution in [2.75, 3.05) is 0 Å². The molecule has 0 aliphatic carbocycles. The van der Waals surface area contributed by atoms with Gasteiger partial charge in [-0.1, -0.05) is 60.7 Å². The maximum Gasteiger partial charge on any atom is 0.143 e. The summed E-state index contributed by atoms with van der Waals surface area (Å²) in [6.07, 6.45) is 0. The molecule has 0 fully saturated rings. The zero-order chi connectivity index (χ0) is 18.0. The lowest BCUT2D eigenvalue weighted by Gasteiger charge is -2.04. The monoisotopic (exact) mass is 347 g/mol. The van der Waals surface area contributed by atoms with Crippen molar-refractivity contribution in [3.05, 3.63) is 84.9 Å². The van der Waals surface area contributed by atoms with Gasteiger partial charge >= 0.3 is 0 Å². The normalized spacial score (nSPS) is 11.9. The molecular formula is C25H17NO. The molecule has 0 amide bonds. The van der Waals surface area contributed by atoms with Gasteiger partial charge in [-0.25, -0.2) is 0 Å². The molecule has 128 valence electrons. The molecule has 2 heteroatoms. The predicted octanol–water partition coefficient (Wildman–Crippen LogP) is 6.90. The highest BCUT2D eigenvalue weighted by molar-refractivity contribution is 6.12. The lowest BCUT2D eigenvalue weighted by atomic mass is 10.0. The van der Waals surface area contributed by atoms with Gasteiger partial charge in [-0.15, -0.1) is 0 Å². The van der Waals surface area contributed by atoms with Crippen LogP contribution in [-0.2, 0) is 7.05 Å². The van der Waals surface area contributed by atoms with Gasteiger partial charge in [0.05, 0.1) is 0 Å². The molecule has 6 aromatic rings. The Bertz CT molecular complexity index is 1480. The molecule has 0 atom stereocenters. The maximum atomic E-state index is 6.24. The molecule has 6 rings (SSSR count). The van der Waals surface area contributed by atoms with E-state index in [4.69, 9.17) is 4.42 Å². The minimum absolute atomic E-state index is 0.936. The molecule has 27 heavy (non-hydrogen) atoms. The van der Waals surface area contributed by atoms with Crippen molar-refractivity contribution < 1.29 is 4.42 Å². The predicted molar refractivity (Wildman–Crippen MR) is 113 cm³/mol. The van der Waals surface area contributed by atoms with Crippen molar-refractivity contribution in [2.45, 2.75) is 0 Å². The Morgan fingerprint density at radius 2 is 1.37 bits per heavy atom. The average molecular weight is 347 g/mol. The van der Waals surface area contributed by atoms with Crippen molar-refractivity contribution in [1.29, 1.82) is 0 Å². The van der Waals surface area contributed by atoms with Crippen molar-refractivity contribution >= 4 is 43.7 Å². The highest BCUT2D eigenvalue weighted by Gasteiger charge is 2.14. The molecule has 0 spiro atoms. The first-order valence-electron chi connectivity index (χ1n) is 9.19. The fourth-order valence-corrected chi connectivity index (χ4v) is 4.31. The number of para-hydroxylation sites is 3. The van der Waals surface area contributed by atoms with Crippen LogP contribution in [0.15, 0.2) is 89.3 Å². The minimum Gasteiger partial charge on any atom is -0.455 e. The van der Waals surface area contributed by atoms with Gasteiger partial charge < -0.3 is 8.98 Å². The third kappa shape index (κ3) is 1.95. The van der Waals surface area contributed by atoms with E-state index in [1.54, 1.807) is 0 Å². The van der Waals surface area contributed by atoms with Crippen molar-refractivity contribution in [3.8, 4) is 11.1 Å². The van der Waals surface area contributed by atoms with E-state index in [-0.39, 0.29) is 0 Å². The second kappa shape index (κ2) is 5.24. The molecule has 2 heterocycles. The zero-order valence-corrected chi connectivity index (χ0v) is 14.9. The van der Waals surface area contributed by atoms with E-state index < -0.39 is 0 Å². The fourth-order valence-electron chi connectivity index (χ4n) is 4.31. The highest BCUT2D eigenvalue weighted by Crippen LogP contribution is 2.38. The molecule has 0 aliphatic rings. The Morgan fingerprint density at radius 3 is 2.30 bits per heavy atom. The summed E-state index contributed by atoms with van der Waals surface area (Å²) < 4.78 is 8.50. The van der Waals surface area contributed by atoms with Crippen LogP contribution in [0.3, 0.4) is 0 Å². The number of benzene rings is 4. The Morgan fingerprint density at radius 1 is 0.630 bits per heavy atom. The van der Waals surface area contributed by atoms with Gasteiger partial charge in [0.25, 0.3) is 0 Å². The number of aromatic nitrogens is 1. The van der Waals surface area contributed by atoms with E-state index in [0.717, 1.165) is 16.7 Å². The van der Waals surface area contributed by atoms with Crippen molar-refractivity contribution in [1.82, 2.24) is 4.57 Å². The summed E-state index contributed by atoms with van der Waals surface area (Å²) in [7, 11) is 2.13. The smallest absolute Gasteiger partial charge is 0.143 e. The van der Waals surface area contributed by atoms with Gasteiger partial charge in [0.1, 0.15) is 11.2 Å². The molecule has 0 saturated heterocycles. The molecule has 0 saturated carbocycles. The molecular weight excluding hydrogens is 330 g/mol. The average Bonchev–Trinajstić information content (AvgIpc) is 3.24. The van der Waals surface area contributed by atoms with Gasteiger partial charge in [-0.3, -0.25) is 0 Å². The highest BCUT2D eigenvalue weighted by atomic mass is 16.3. The second-order valence-electron chi connectivity index (χ2n) is 7.09. The largest absolute Gasteiger partial charge is 0.455 e. The Hall–Kier alpha value is -3.52. The molecule has 0 N–H and O–H groups in total.